The first-order valence-electron chi connectivity index (χ1n) is 12.2. The van der Waals surface area contributed by atoms with E-state index in [4.69, 9.17) is 9.40 Å². The number of fused-ring (bicyclic) bond motifs is 3. The lowest BCUT2D eigenvalue weighted by Crippen LogP contribution is -2.44. The standard InChI is InChI=1S/C29H29N3O2S/c1-15-11-20-21(12-16(15)2)35-26(31-20)22-18(14-30)17-13-19-24-23(25(17)34-27(22)33)29(5,6)8-10-32(24)9-7-28(19,3)4/h11-13H,7-10H2,1-6H3. The molecule has 35 heavy (non-hydrogen) atoms. The molecule has 2 aromatic heterocycles. The van der Waals surface area contributed by atoms with Gasteiger partial charge in [-0.25, -0.2) is 9.78 Å². The van der Waals surface area contributed by atoms with Crippen molar-refractivity contribution in [3.05, 3.63) is 56.4 Å². The molecule has 0 amide bonds. The largest absolute Gasteiger partial charge is 0.422 e. The van der Waals surface area contributed by atoms with Gasteiger partial charge >= 0.3 is 5.63 Å². The lowest BCUT2D eigenvalue weighted by molar-refractivity contribution is 0.398. The average Bonchev–Trinajstić information content (AvgIpc) is 3.18. The fourth-order valence-corrected chi connectivity index (χ4v) is 6.91. The maximum absolute atomic E-state index is 13.5. The monoisotopic (exact) mass is 483 g/mol. The van der Waals surface area contributed by atoms with Crippen LogP contribution in [0.1, 0.15) is 68.4 Å². The van der Waals surface area contributed by atoms with Crippen LogP contribution in [0.3, 0.4) is 0 Å². The first-order chi connectivity index (χ1) is 16.5. The fraction of sp³-hybridized carbons (Fsp3) is 0.414. The fourth-order valence-electron chi connectivity index (χ4n) is 5.82. The second-order valence-corrected chi connectivity index (χ2v) is 12.5. The molecule has 0 bridgehead atoms. The molecule has 0 spiro atoms. The van der Waals surface area contributed by atoms with Crippen LogP contribution < -0.4 is 10.5 Å². The summed E-state index contributed by atoms with van der Waals surface area (Å²) in [7, 11) is 0. The van der Waals surface area contributed by atoms with Crippen LogP contribution in [0.4, 0.5) is 5.69 Å². The zero-order valence-corrected chi connectivity index (χ0v) is 21.9. The van der Waals surface area contributed by atoms with E-state index in [0.717, 1.165) is 52.7 Å². The molecule has 0 N–H and O–H groups in total. The van der Waals surface area contributed by atoms with E-state index in [1.54, 1.807) is 0 Å². The van der Waals surface area contributed by atoms with Crippen molar-refractivity contribution in [3.63, 3.8) is 0 Å². The summed E-state index contributed by atoms with van der Waals surface area (Å²) >= 11 is 1.44. The molecule has 2 aromatic carbocycles. The van der Waals surface area contributed by atoms with Crippen LogP contribution in [0.2, 0.25) is 0 Å². The molecule has 0 aliphatic carbocycles. The Labute approximate surface area is 209 Å². The predicted octanol–water partition coefficient (Wildman–Crippen LogP) is 6.73. The number of anilines is 1. The molecule has 0 atom stereocenters. The van der Waals surface area contributed by atoms with Crippen molar-refractivity contribution in [1.29, 1.82) is 5.26 Å². The van der Waals surface area contributed by atoms with Gasteiger partial charge in [-0.3, -0.25) is 0 Å². The van der Waals surface area contributed by atoms with Crippen molar-refractivity contribution in [1.82, 2.24) is 4.98 Å². The Morgan fingerprint density at radius 1 is 1.06 bits per heavy atom. The lowest BCUT2D eigenvalue weighted by atomic mass is 9.69. The number of hydrogen-bond acceptors (Lipinski definition) is 6. The minimum absolute atomic E-state index is 0.0316. The molecule has 0 unspecified atom stereocenters. The Balaban J connectivity index is 1.73. The molecule has 4 heterocycles. The van der Waals surface area contributed by atoms with Gasteiger partial charge in [-0.05, 0) is 72.4 Å². The third-order valence-corrected chi connectivity index (χ3v) is 9.27. The molecule has 4 aromatic rings. The number of benzene rings is 2. The highest BCUT2D eigenvalue weighted by molar-refractivity contribution is 7.21. The number of nitrogens with zero attached hydrogens (tertiary/aromatic N) is 3. The van der Waals surface area contributed by atoms with E-state index in [1.165, 1.54) is 28.2 Å². The van der Waals surface area contributed by atoms with Gasteiger partial charge < -0.3 is 9.32 Å². The van der Waals surface area contributed by atoms with Gasteiger partial charge in [-0.1, -0.05) is 27.7 Å². The highest BCUT2D eigenvalue weighted by atomic mass is 32.1. The lowest BCUT2D eigenvalue weighted by Gasteiger charge is -2.48. The molecular weight excluding hydrogens is 454 g/mol. The van der Waals surface area contributed by atoms with Crippen LogP contribution in [0.5, 0.6) is 0 Å². The SMILES string of the molecule is Cc1cc2nc(-c3c(C#N)c4cc5c6c(c4oc3=O)C(C)(C)CCN6CCC5(C)C)sc2cc1C. The Hall–Kier alpha value is -3.17. The van der Waals surface area contributed by atoms with E-state index >= 15 is 0 Å². The zero-order chi connectivity index (χ0) is 24.9. The average molecular weight is 484 g/mol. The van der Waals surface area contributed by atoms with E-state index in [-0.39, 0.29) is 16.4 Å². The molecule has 178 valence electrons. The highest BCUT2D eigenvalue weighted by Gasteiger charge is 2.42. The van der Waals surface area contributed by atoms with Crippen LogP contribution >= 0.6 is 11.3 Å². The minimum Gasteiger partial charge on any atom is -0.422 e. The van der Waals surface area contributed by atoms with Crippen LogP contribution in [0.25, 0.3) is 31.8 Å². The summed E-state index contributed by atoms with van der Waals surface area (Å²) in [5, 5.41) is 11.7. The van der Waals surface area contributed by atoms with Gasteiger partial charge in [0.05, 0.1) is 15.8 Å². The Morgan fingerprint density at radius 3 is 2.46 bits per heavy atom. The van der Waals surface area contributed by atoms with Gasteiger partial charge in [0.15, 0.2) is 0 Å². The second kappa shape index (κ2) is 7.18. The maximum Gasteiger partial charge on any atom is 0.348 e. The van der Waals surface area contributed by atoms with Crippen LogP contribution in [0.15, 0.2) is 27.4 Å². The van der Waals surface area contributed by atoms with Gasteiger partial charge in [-0.15, -0.1) is 11.3 Å². The summed E-state index contributed by atoms with van der Waals surface area (Å²) < 4.78 is 7.15. The third-order valence-electron chi connectivity index (χ3n) is 8.24. The first-order valence-corrected chi connectivity index (χ1v) is 13.1. The number of nitriles is 1. The van der Waals surface area contributed by atoms with Crippen LogP contribution in [-0.4, -0.2) is 18.1 Å². The zero-order valence-electron chi connectivity index (χ0n) is 21.1. The highest BCUT2D eigenvalue weighted by Crippen LogP contribution is 2.52. The number of hydrogen-bond donors (Lipinski definition) is 0. The Kier molecular flexibility index (Phi) is 4.57. The topological polar surface area (TPSA) is 70.1 Å². The van der Waals surface area contributed by atoms with Crippen molar-refractivity contribution in [2.45, 2.75) is 65.2 Å². The van der Waals surface area contributed by atoms with Gasteiger partial charge in [0.2, 0.25) is 0 Å². The summed E-state index contributed by atoms with van der Waals surface area (Å²) in [5.74, 6) is 0. The van der Waals surface area contributed by atoms with Crippen molar-refractivity contribution < 1.29 is 4.42 Å². The smallest absolute Gasteiger partial charge is 0.348 e. The molecule has 2 aliphatic heterocycles. The molecular formula is C29H29N3O2S. The summed E-state index contributed by atoms with van der Waals surface area (Å²) in [6.45, 7) is 15.1. The van der Waals surface area contributed by atoms with Crippen molar-refractivity contribution in [2.75, 3.05) is 18.0 Å². The molecule has 6 rings (SSSR count). The predicted molar refractivity (Wildman–Crippen MR) is 143 cm³/mol. The van der Waals surface area contributed by atoms with Crippen molar-refractivity contribution in [2.24, 2.45) is 0 Å². The van der Waals surface area contributed by atoms with Crippen LogP contribution in [0, 0.1) is 25.2 Å². The minimum atomic E-state index is -0.485. The Morgan fingerprint density at radius 2 is 1.74 bits per heavy atom. The van der Waals surface area contributed by atoms with E-state index in [9.17, 15) is 10.1 Å². The molecule has 6 heteroatoms. The quantitative estimate of drug-likeness (QED) is 0.281. The number of aryl methyl sites for hydroxylation is 2. The summed E-state index contributed by atoms with van der Waals surface area (Å²) in [6.07, 6.45) is 2.02. The van der Waals surface area contributed by atoms with Crippen molar-refractivity contribution in [3.8, 4) is 16.6 Å². The first kappa shape index (κ1) is 22.3. The molecule has 0 fully saturated rings. The van der Waals surface area contributed by atoms with Gasteiger partial charge in [-0.2, -0.15) is 5.26 Å². The molecule has 2 aliphatic rings. The summed E-state index contributed by atoms with van der Waals surface area (Å²) in [6, 6.07) is 8.64. The van der Waals surface area contributed by atoms with E-state index in [2.05, 4.69) is 64.6 Å². The number of aromatic nitrogens is 1. The van der Waals surface area contributed by atoms with Gasteiger partial charge in [0.25, 0.3) is 0 Å². The second-order valence-electron chi connectivity index (χ2n) is 11.5. The van der Waals surface area contributed by atoms with E-state index < -0.39 is 5.63 Å². The van der Waals surface area contributed by atoms with E-state index in [0.29, 0.717) is 16.2 Å². The molecule has 0 saturated carbocycles. The van der Waals surface area contributed by atoms with Crippen LogP contribution in [-0.2, 0) is 10.8 Å². The molecule has 0 radical (unpaired) electrons. The van der Waals surface area contributed by atoms with Gasteiger partial charge in [0.1, 0.15) is 22.2 Å². The number of thiazole rings is 1. The summed E-state index contributed by atoms with van der Waals surface area (Å²) in [5.41, 5.74) is 7.23. The van der Waals surface area contributed by atoms with Crippen molar-refractivity contribution >= 4 is 38.2 Å². The van der Waals surface area contributed by atoms with Gasteiger partial charge in [0, 0.05) is 29.7 Å². The molecule has 0 saturated heterocycles. The summed E-state index contributed by atoms with van der Waals surface area (Å²) in [4.78, 5) is 20.7. The van der Waals surface area contributed by atoms with E-state index in [1.807, 2.05) is 6.07 Å². The third kappa shape index (κ3) is 3.11. The number of rotatable bonds is 1. The Bertz CT molecular complexity index is 1630. The maximum atomic E-state index is 13.5. The normalized spacial score (nSPS) is 18.0. The molecule has 5 nitrogen and oxygen atoms in total.